The van der Waals surface area contributed by atoms with Crippen LogP contribution in [0.4, 0.5) is 11.4 Å². The van der Waals surface area contributed by atoms with E-state index < -0.39 is 33.1 Å². The van der Waals surface area contributed by atoms with Gasteiger partial charge < -0.3 is 14.8 Å². The van der Waals surface area contributed by atoms with Crippen LogP contribution in [0.2, 0.25) is 5.15 Å². The number of aromatic nitrogens is 1. The fraction of sp³-hybridized carbons (Fsp3) is 0.294. The van der Waals surface area contributed by atoms with E-state index in [1.165, 1.54) is 22.6 Å². The number of nitrogens with one attached hydrogen (secondary N) is 1. The van der Waals surface area contributed by atoms with Crippen LogP contribution in [0.1, 0.15) is 0 Å². The number of halogens is 1. The van der Waals surface area contributed by atoms with E-state index in [-0.39, 0.29) is 47.8 Å². The summed E-state index contributed by atoms with van der Waals surface area (Å²) < 4.78 is 37.0. The third-order valence-corrected chi connectivity index (χ3v) is 6.32. The molecule has 2 aromatic rings. The summed E-state index contributed by atoms with van der Waals surface area (Å²) in [5.74, 6) is -0.863. The lowest BCUT2D eigenvalue weighted by atomic mass is 10.3. The molecule has 1 N–H and O–H groups in total. The second kappa shape index (κ2) is 9.34. The van der Waals surface area contributed by atoms with Crippen molar-refractivity contribution < 1.29 is 27.6 Å². The van der Waals surface area contributed by atoms with Gasteiger partial charge in [0, 0.05) is 25.4 Å². The SMILES string of the molecule is O=C(COc1ccc(S(=O)(=O)N2CCOCC2)cc1[N+](=O)[O-])Nc1cccnc1Cl. The number of carbonyl (C=O) groups is 1. The first-order valence-corrected chi connectivity index (χ1v) is 10.5. The number of sulfonamides is 1. The molecule has 2 heterocycles. The number of benzene rings is 1. The first-order chi connectivity index (χ1) is 14.3. The zero-order valence-corrected chi connectivity index (χ0v) is 17.1. The standard InChI is InChI=1S/C17H17ClN4O7S/c18-17-13(2-1-5-19-17)20-16(23)11-29-15-4-3-12(10-14(15)22(24)25)30(26,27)21-6-8-28-9-7-21/h1-5,10H,6-9,11H2,(H,20,23). The van der Waals surface area contributed by atoms with Crippen LogP contribution in [-0.2, 0) is 19.6 Å². The van der Waals surface area contributed by atoms with Gasteiger partial charge in [0.05, 0.1) is 28.7 Å². The van der Waals surface area contributed by atoms with E-state index in [0.717, 1.165) is 12.1 Å². The molecule has 0 saturated carbocycles. The molecule has 1 amide bonds. The fourth-order valence-electron chi connectivity index (χ4n) is 2.67. The molecular weight excluding hydrogens is 440 g/mol. The normalized spacial score (nSPS) is 14.8. The van der Waals surface area contributed by atoms with Crippen molar-refractivity contribution in [3.8, 4) is 5.75 Å². The van der Waals surface area contributed by atoms with Crippen molar-refractivity contribution in [1.29, 1.82) is 0 Å². The molecule has 30 heavy (non-hydrogen) atoms. The number of ether oxygens (including phenoxy) is 2. The molecule has 0 atom stereocenters. The summed E-state index contributed by atoms with van der Waals surface area (Å²) in [6.45, 7) is 0.260. The minimum absolute atomic E-state index is 0.0782. The lowest BCUT2D eigenvalue weighted by Gasteiger charge is -2.26. The van der Waals surface area contributed by atoms with Crippen LogP contribution in [0.25, 0.3) is 0 Å². The van der Waals surface area contributed by atoms with Crippen LogP contribution in [0.3, 0.4) is 0 Å². The molecule has 1 saturated heterocycles. The number of amides is 1. The topological polar surface area (TPSA) is 141 Å². The Morgan fingerprint density at radius 2 is 2.07 bits per heavy atom. The number of nitro benzene ring substituents is 1. The minimum Gasteiger partial charge on any atom is -0.477 e. The molecule has 0 aliphatic carbocycles. The average Bonchev–Trinajstić information content (AvgIpc) is 2.74. The smallest absolute Gasteiger partial charge is 0.312 e. The summed E-state index contributed by atoms with van der Waals surface area (Å²) in [6, 6.07) is 6.36. The maximum atomic E-state index is 12.7. The van der Waals surface area contributed by atoms with E-state index in [0.29, 0.717) is 0 Å². The highest BCUT2D eigenvalue weighted by atomic mass is 35.5. The molecule has 160 valence electrons. The maximum Gasteiger partial charge on any atom is 0.312 e. The summed E-state index contributed by atoms with van der Waals surface area (Å²) in [5.41, 5.74) is -0.314. The van der Waals surface area contributed by atoms with Crippen molar-refractivity contribution >= 4 is 38.9 Å². The monoisotopic (exact) mass is 456 g/mol. The number of pyridine rings is 1. The Hall–Kier alpha value is -2.80. The number of anilines is 1. The van der Waals surface area contributed by atoms with Crippen molar-refractivity contribution in [1.82, 2.24) is 9.29 Å². The first-order valence-electron chi connectivity index (χ1n) is 8.68. The Bertz CT molecular complexity index is 1060. The molecule has 0 spiro atoms. The number of nitrogens with zero attached hydrogens (tertiary/aromatic N) is 3. The quantitative estimate of drug-likeness (QED) is 0.377. The van der Waals surface area contributed by atoms with Gasteiger partial charge in [0.2, 0.25) is 10.0 Å². The molecule has 11 nitrogen and oxygen atoms in total. The van der Waals surface area contributed by atoms with Gasteiger partial charge in [-0.1, -0.05) is 11.6 Å². The first kappa shape index (κ1) is 21.9. The Balaban J connectivity index is 1.74. The summed E-state index contributed by atoms with van der Waals surface area (Å²) in [7, 11) is -3.92. The van der Waals surface area contributed by atoms with Gasteiger partial charge in [-0.2, -0.15) is 4.31 Å². The summed E-state index contributed by atoms with van der Waals surface area (Å²) in [6.07, 6.45) is 1.45. The lowest BCUT2D eigenvalue weighted by Crippen LogP contribution is -2.40. The number of nitro groups is 1. The molecule has 1 aromatic heterocycles. The fourth-order valence-corrected chi connectivity index (χ4v) is 4.26. The van der Waals surface area contributed by atoms with E-state index >= 15 is 0 Å². The molecule has 13 heteroatoms. The summed E-state index contributed by atoms with van der Waals surface area (Å²) in [4.78, 5) is 26.3. The van der Waals surface area contributed by atoms with Gasteiger partial charge >= 0.3 is 5.69 Å². The summed E-state index contributed by atoms with van der Waals surface area (Å²) in [5, 5.41) is 14.0. The number of hydrogen-bond acceptors (Lipinski definition) is 8. The van der Waals surface area contributed by atoms with Crippen LogP contribution in [0.15, 0.2) is 41.4 Å². The van der Waals surface area contributed by atoms with Gasteiger partial charge in [-0.3, -0.25) is 14.9 Å². The Kier molecular flexibility index (Phi) is 6.82. The van der Waals surface area contributed by atoms with Crippen LogP contribution >= 0.6 is 11.6 Å². The predicted molar refractivity (Wildman–Crippen MR) is 106 cm³/mol. The zero-order chi connectivity index (χ0) is 21.7. The van der Waals surface area contributed by atoms with Gasteiger partial charge in [0.1, 0.15) is 0 Å². The number of hydrogen-bond donors (Lipinski definition) is 1. The maximum absolute atomic E-state index is 12.7. The highest BCUT2D eigenvalue weighted by Gasteiger charge is 2.29. The zero-order valence-electron chi connectivity index (χ0n) is 15.5. The van der Waals surface area contributed by atoms with E-state index in [4.69, 9.17) is 21.1 Å². The molecule has 1 aliphatic heterocycles. The molecule has 3 rings (SSSR count). The molecule has 0 radical (unpaired) electrons. The second-order valence-corrected chi connectivity index (χ2v) is 8.38. The Morgan fingerprint density at radius 1 is 1.33 bits per heavy atom. The van der Waals surface area contributed by atoms with Crippen LogP contribution in [0.5, 0.6) is 5.75 Å². The van der Waals surface area contributed by atoms with Crippen LogP contribution in [0, 0.1) is 10.1 Å². The van der Waals surface area contributed by atoms with Crippen molar-refractivity contribution in [3.05, 3.63) is 51.8 Å². The molecular formula is C17H17ClN4O7S. The van der Waals surface area contributed by atoms with E-state index in [1.807, 2.05) is 0 Å². The van der Waals surface area contributed by atoms with Crippen molar-refractivity contribution in [2.45, 2.75) is 4.90 Å². The third kappa shape index (κ3) is 5.02. The van der Waals surface area contributed by atoms with Gasteiger partial charge in [0.25, 0.3) is 5.91 Å². The Labute approximate surface area is 176 Å². The van der Waals surface area contributed by atoms with Crippen LogP contribution in [-0.4, -0.2) is 61.4 Å². The van der Waals surface area contributed by atoms with E-state index in [9.17, 15) is 23.3 Å². The third-order valence-electron chi connectivity index (χ3n) is 4.13. The molecule has 0 bridgehead atoms. The highest BCUT2D eigenvalue weighted by molar-refractivity contribution is 7.89. The van der Waals surface area contributed by atoms with Crippen molar-refractivity contribution in [2.24, 2.45) is 0 Å². The summed E-state index contributed by atoms with van der Waals surface area (Å²) >= 11 is 5.85. The number of morpholine rings is 1. The average molecular weight is 457 g/mol. The Morgan fingerprint density at radius 3 is 2.73 bits per heavy atom. The van der Waals surface area contributed by atoms with Crippen LogP contribution < -0.4 is 10.1 Å². The van der Waals surface area contributed by atoms with Gasteiger partial charge in [-0.05, 0) is 24.3 Å². The molecule has 1 fully saturated rings. The molecule has 1 aliphatic rings. The number of rotatable bonds is 7. The van der Waals surface area contributed by atoms with Gasteiger partial charge in [0.15, 0.2) is 17.5 Å². The second-order valence-electron chi connectivity index (χ2n) is 6.08. The van der Waals surface area contributed by atoms with Crippen molar-refractivity contribution in [2.75, 3.05) is 38.2 Å². The van der Waals surface area contributed by atoms with E-state index in [1.54, 1.807) is 6.07 Å². The van der Waals surface area contributed by atoms with Gasteiger partial charge in [-0.25, -0.2) is 13.4 Å². The van der Waals surface area contributed by atoms with Crippen molar-refractivity contribution in [3.63, 3.8) is 0 Å². The number of carbonyl (C=O) groups excluding carboxylic acids is 1. The molecule has 0 unspecified atom stereocenters. The largest absolute Gasteiger partial charge is 0.477 e. The predicted octanol–water partition coefficient (Wildman–Crippen LogP) is 1.68. The highest BCUT2D eigenvalue weighted by Crippen LogP contribution is 2.31. The van der Waals surface area contributed by atoms with E-state index in [2.05, 4.69) is 10.3 Å². The molecule has 1 aromatic carbocycles. The van der Waals surface area contributed by atoms with Gasteiger partial charge in [-0.15, -0.1) is 0 Å². The minimum atomic E-state index is -3.92. The lowest BCUT2D eigenvalue weighted by molar-refractivity contribution is -0.386.